The van der Waals surface area contributed by atoms with E-state index in [1.54, 1.807) is 0 Å². The van der Waals surface area contributed by atoms with Crippen molar-refractivity contribution in [2.75, 3.05) is 24.7 Å². The van der Waals surface area contributed by atoms with Crippen molar-refractivity contribution in [3.63, 3.8) is 0 Å². The summed E-state index contributed by atoms with van der Waals surface area (Å²) < 4.78 is 80.0. The molecule has 2 saturated heterocycles. The van der Waals surface area contributed by atoms with Crippen LogP contribution in [0.2, 0.25) is 0 Å². The molecule has 2 aliphatic heterocycles. The van der Waals surface area contributed by atoms with E-state index in [1.165, 1.54) is 28.1 Å². The Labute approximate surface area is 265 Å². The van der Waals surface area contributed by atoms with Gasteiger partial charge < -0.3 is 21.1 Å². The molecule has 0 radical (unpaired) electrons. The number of aromatic amines is 1. The summed E-state index contributed by atoms with van der Waals surface area (Å²) in [5.41, 5.74) is 11.2. The van der Waals surface area contributed by atoms with Crippen LogP contribution in [0.4, 0.5) is 20.5 Å². The molecule has 6 heterocycles. The van der Waals surface area contributed by atoms with Crippen LogP contribution >= 0.6 is 49.9 Å². The average molecular weight is 729 g/mol. The molecule has 2 aliphatic rings. The van der Waals surface area contributed by atoms with Gasteiger partial charge in [-0.2, -0.15) is 4.98 Å². The summed E-state index contributed by atoms with van der Waals surface area (Å²) in [6.07, 6.45) is -3.67. The molecule has 0 bridgehead atoms. The van der Waals surface area contributed by atoms with Gasteiger partial charge in [-0.3, -0.25) is 32.5 Å². The van der Waals surface area contributed by atoms with Gasteiger partial charge in [0.05, 0.1) is 37.2 Å². The molecule has 6 rings (SSSR count). The van der Waals surface area contributed by atoms with Crippen LogP contribution in [-0.2, 0) is 27.4 Å². The summed E-state index contributed by atoms with van der Waals surface area (Å²) >= 11 is 8.31. The largest absolute Gasteiger partial charge is 0.386 e. The number of aromatic nitrogens is 8. The molecule has 2 fully saturated rings. The first-order valence-corrected chi connectivity index (χ1v) is 19.2. The van der Waals surface area contributed by atoms with Crippen molar-refractivity contribution >= 4 is 83.9 Å². The van der Waals surface area contributed by atoms with Gasteiger partial charge in [-0.05, 0) is 0 Å². The summed E-state index contributed by atoms with van der Waals surface area (Å²) in [6.45, 7) is -9.72. The van der Waals surface area contributed by atoms with Crippen LogP contribution in [0.15, 0.2) is 23.8 Å². The van der Waals surface area contributed by atoms with E-state index in [-0.39, 0.29) is 40.5 Å². The van der Waals surface area contributed by atoms with E-state index in [4.69, 9.17) is 29.8 Å². The molecule has 0 amide bonds. The lowest BCUT2D eigenvalue weighted by Gasteiger charge is -2.25. The third kappa shape index (κ3) is 6.74. The van der Waals surface area contributed by atoms with Gasteiger partial charge >= 0.3 is 13.6 Å². The van der Waals surface area contributed by atoms with Crippen LogP contribution in [0.1, 0.15) is 18.0 Å². The third-order valence-corrected chi connectivity index (χ3v) is 10.8. The smallest absolute Gasteiger partial charge is 0.382 e. The summed E-state index contributed by atoms with van der Waals surface area (Å²) in [4.78, 5) is 44.1. The lowest BCUT2D eigenvalue weighted by molar-refractivity contribution is -0.0341. The maximum Gasteiger partial charge on any atom is 0.386 e. The Morgan fingerprint density at radius 2 is 1.82 bits per heavy atom. The topological polar surface area (TPSA) is 250 Å². The molecule has 6 N–H and O–H groups in total. The SMILES string of the molecule is Nc1nc2c(ncn2[C@@H]2S[C@H](COP(=O)(O)S)[C@H](F)[C@H]2OP(=O)(S)OC[C@@H]2C[C@H](F)[C@H](n3cnc4c(N)ncnc43)O2)c(=O)[nH]1. The van der Waals surface area contributed by atoms with Gasteiger partial charge in [0.1, 0.15) is 35.7 Å². The monoisotopic (exact) mass is 728 g/mol. The first-order valence-electron chi connectivity index (χ1n) is 12.8. The number of ether oxygens (including phenoxy) is 1. The number of alkyl halides is 2. The number of halogens is 2. The molecule has 4 aromatic heterocycles. The molecule has 0 saturated carbocycles. The molecule has 244 valence electrons. The van der Waals surface area contributed by atoms with Crippen molar-refractivity contribution in [1.82, 2.24) is 39.0 Å². The van der Waals surface area contributed by atoms with Crippen molar-refractivity contribution < 1.29 is 41.1 Å². The second-order valence-corrected chi connectivity index (χ2v) is 16.9. The molecule has 0 aliphatic carbocycles. The lowest BCUT2D eigenvalue weighted by Crippen LogP contribution is -2.32. The molecule has 0 spiro atoms. The molecule has 0 aromatic carbocycles. The highest BCUT2D eigenvalue weighted by molar-refractivity contribution is 8.44. The zero-order valence-electron chi connectivity index (χ0n) is 22.4. The van der Waals surface area contributed by atoms with Crippen LogP contribution in [-0.4, -0.2) is 86.9 Å². The number of rotatable bonds is 10. The summed E-state index contributed by atoms with van der Waals surface area (Å²) in [6, 6.07) is 0. The van der Waals surface area contributed by atoms with E-state index < -0.39 is 73.8 Å². The van der Waals surface area contributed by atoms with Crippen LogP contribution in [0.25, 0.3) is 22.3 Å². The fourth-order valence-corrected chi connectivity index (χ4v) is 8.61. The number of hydrogen-bond donors (Lipinski definition) is 6. The number of imidazole rings is 2. The summed E-state index contributed by atoms with van der Waals surface area (Å²) in [7, 11) is 0. The van der Waals surface area contributed by atoms with E-state index in [1.807, 2.05) is 0 Å². The van der Waals surface area contributed by atoms with Gasteiger partial charge in [-0.15, -0.1) is 11.8 Å². The van der Waals surface area contributed by atoms with Gasteiger partial charge in [-0.1, -0.05) is 24.5 Å². The second kappa shape index (κ2) is 12.4. The van der Waals surface area contributed by atoms with E-state index >= 15 is 8.78 Å². The van der Waals surface area contributed by atoms with E-state index in [0.29, 0.717) is 0 Å². The van der Waals surface area contributed by atoms with Crippen LogP contribution < -0.4 is 17.0 Å². The minimum Gasteiger partial charge on any atom is -0.382 e. The quantitative estimate of drug-likeness (QED) is 0.101. The molecule has 18 nitrogen and oxygen atoms in total. The normalized spacial score (nSPS) is 29.8. The van der Waals surface area contributed by atoms with E-state index in [9.17, 15) is 18.8 Å². The molecule has 9 atom stereocenters. The average Bonchev–Trinajstić information content (AvgIpc) is 3.72. The first-order chi connectivity index (χ1) is 21.2. The molecule has 45 heavy (non-hydrogen) atoms. The minimum atomic E-state index is -4.40. The summed E-state index contributed by atoms with van der Waals surface area (Å²) in [5, 5.41) is -2.26. The number of nitrogens with two attached hydrogens (primary N) is 2. The number of anilines is 2. The number of thioether (sulfide) groups is 1. The third-order valence-electron chi connectivity index (χ3n) is 6.87. The maximum absolute atomic E-state index is 15.8. The Balaban J connectivity index is 1.19. The number of fused-ring (bicyclic) bond motifs is 2. The minimum absolute atomic E-state index is 0.0357. The molecular weight excluding hydrogens is 704 g/mol. The zero-order chi connectivity index (χ0) is 32.3. The van der Waals surface area contributed by atoms with Crippen molar-refractivity contribution in [2.24, 2.45) is 0 Å². The lowest BCUT2D eigenvalue weighted by atomic mass is 10.1. The maximum atomic E-state index is 15.8. The summed E-state index contributed by atoms with van der Waals surface area (Å²) in [5.74, 6) is -0.138. The van der Waals surface area contributed by atoms with Gasteiger partial charge in [0, 0.05) is 6.42 Å². The highest BCUT2D eigenvalue weighted by atomic mass is 32.7. The fraction of sp³-hybridized carbons (Fsp3) is 0.500. The van der Waals surface area contributed by atoms with Gasteiger partial charge in [0.15, 0.2) is 28.9 Å². The highest BCUT2D eigenvalue weighted by Crippen LogP contribution is 2.60. The molecule has 25 heteroatoms. The second-order valence-electron chi connectivity index (χ2n) is 9.89. The fourth-order valence-electron chi connectivity index (χ4n) is 4.94. The number of thiol groups is 2. The molecule has 2 unspecified atom stereocenters. The number of hydrogen-bond acceptors (Lipinski definition) is 15. The van der Waals surface area contributed by atoms with Crippen molar-refractivity contribution in [3.8, 4) is 0 Å². The van der Waals surface area contributed by atoms with Gasteiger partial charge in [0.2, 0.25) is 5.95 Å². The standard InChI is InChI=1S/C20H24F2N10O8P2S3/c21-8-1-7(39-18(8)31-5-27-11-14(23)25-4-26-15(11)31)2-38-42(36,44)40-13-10(22)9(3-37-41(34,35)43)45-19(13)32-6-28-12-16(32)29-20(24)30-17(12)33/h4-10,13,18-19H,1-3H2,(H,36,44)(H2,23,25,26)(H2,34,35,43)(H3,24,29,30,33)/t7-,8-,9+,10-,13+,18+,19+,42?/m0/s1. The predicted molar refractivity (Wildman–Crippen MR) is 163 cm³/mol. The molecule has 4 aromatic rings. The number of nitrogens with zero attached hydrogens (tertiary/aromatic N) is 7. The van der Waals surface area contributed by atoms with Gasteiger partial charge in [0.25, 0.3) is 5.56 Å². The first kappa shape index (κ1) is 32.6. The van der Waals surface area contributed by atoms with Crippen LogP contribution in [0, 0.1) is 0 Å². The Hall–Kier alpha value is -2.33. The van der Waals surface area contributed by atoms with Crippen LogP contribution in [0.3, 0.4) is 0 Å². The highest BCUT2D eigenvalue weighted by Gasteiger charge is 2.50. The van der Waals surface area contributed by atoms with Crippen molar-refractivity contribution in [1.29, 1.82) is 0 Å². The van der Waals surface area contributed by atoms with Gasteiger partial charge in [-0.25, -0.2) is 37.8 Å². The van der Waals surface area contributed by atoms with Crippen molar-refractivity contribution in [3.05, 3.63) is 29.3 Å². The number of nitrogen functional groups attached to an aromatic ring is 2. The number of nitrogens with one attached hydrogen (secondary N) is 1. The van der Waals surface area contributed by atoms with E-state index in [2.05, 4.69) is 54.4 Å². The zero-order valence-corrected chi connectivity index (χ0v) is 26.8. The Morgan fingerprint density at radius 3 is 2.58 bits per heavy atom. The Bertz CT molecular complexity index is 1900. The van der Waals surface area contributed by atoms with Crippen molar-refractivity contribution in [2.45, 2.75) is 47.8 Å². The Kier molecular flexibility index (Phi) is 8.96. The van der Waals surface area contributed by atoms with Crippen LogP contribution in [0.5, 0.6) is 0 Å². The number of H-pyrrole nitrogens is 1. The Morgan fingerprint density at radius 1 is 1.09 bits per heavy atom. The molecular formula is C20H24F2N10O8P2S3. The predicted octanol–water partition coefficient (Wildman–Crippen LogP) is 2.19. The van der Waals surface area contributed by atoms with E-state index in [0.717, 1.165) is 11.8 Å².